The number of thioether (sulfide) groups is 1. The third-order valence-corrected chi connectivity index (χ3v) is 4.50. The standard InChI is InChI=1S/C12H13ClO2S/c13-9-6-3-7-10(11(9)12(14)15)16-8-4-1-2-5-8/h3,6-8H,1-2,4-5H2,(H,14,15). The first kappa shape index (κ1) is 11.8. The van der Waals surface area contributed by atoms with Gasteiger partial charge in [0.1, 0.15) is 0 Å². The minimum atomic E-state index is -0.939. The Kier molecular flexibility index (Phi) is 3.77. The Bertz CT molecular complexity index is 400. The second-order valence-electron chi connectivity index (χ2n) is 3.94. The molecule has 86 valence electrons. The monoisotopic (exact) mass is 256 g/mol. The number of halogens is 1. The zero-order valence-electron chi connectivity index (χ0n) is 8.78. The normalized spacial score (nSPS) is 16.6. The molecule has 0 saturated heterocycles. The molecule has 2 rings (SSSR count). The van der Waals surface area contributed by atoms with E-state index < -0.39 is 5.97 Å². The molecule has 0 aliphatic heterocycles. The van der Waals surface area contributed by atoms with Crippen LogP contribution < -0.4 is 0 Å². The van der Waals surface area contributed by atoms with Gasteiger partial charge in [-0.2, -0.15) is 0 Å². The van der Waals surface area contributed by atoms with Crippen molar-refractivity contribution in [3.05, 3.63) is 28.8 Å². The van der Waals surface area contributed by atoms with Gasteiger partial charge in [0.15, 0.2) is 0 Å². The largest absolute Gasteiger partial charge is 0.478 e. The fourth-order valence-electron chi connectivity index (χ4n) is 2.00. The Morgan fingerprint density at radius 1 is 1.38 bits per heavy atom. The molecule has 0 atom stereocenters. The van der Waals surface area contributed by atoms with Gasteiger partial charge in [0, 0.05) is 10.1 Å². The van der Waals surface area contributed by atoms with Crippen molar-refractivity contribution in [3.63, 3.8) is 0 Å². The highest BCUT2D eigenvalue weighted by Gasteiger charge is 2.21. The first-order chi connectivity index (χ1) is 7.68. The van der Waals surface area contributed by atoms with E-state index in [1.54, 1.807) is 17.8 Å². The van der Waals surface area contributed by atoms with Crippen LogP contribution in [0.25, 0.3) is 0 Å². The maximum absolute atomic E-state index is 11.1. The van der Waals surface area contributed by atoms with Crippen LogP contribution in [0.2, 0.25) is 5.02 Å². The minimum absolute atomic E-state index is 0.251. The molecule has 0 heterocycles. The van der Waals surface area contributed by atoms with Crippen LogP contribution in [0.5, 0.6) is 0 Å². The minimum Gasteiger partial charge on any atom is -0.478 e. The highest BCUT2D eigenvalue weighted by molar-refractivity contribution is 8.00. The Hall–Kier alpha value is -0.670. The summed E-state index contributed by atoms with van der Waals surface area (Å²) >= 11 is 7.57. The van der Waals surface area contributed by atoms with E-state index in [0.717, 1.165) is 4.90 Å². The van der Waals surface area contributed by atoms with E-state index in [9.17, 15) is 4.79 Å². The molecule has 0 bridgehead atoms. The summed E-state index contributed by atoms with van der Waals surface area (Å²) in [6, 6.07) is 5.29. The summed E-state index contributed by atoms with van der Waals surface area (Å²) in [5.41, 5.74) is 0.251. The number of carboxylic acids is 1. The van der Waals surface area contributed by atoms with Gasteiger partial charge in [-0.15, -0.1) is 11.8 Å². The van der Waals surface area contributed by atoms with Crippen molar-refractivity contribution in [1.29, 1.82) is 0 Å². The zero-order chi connectivity index (χ0) is 11.5. The third-order valence-electron chi connectivity index (χ3n) is 2.79. The molecule has 16 heavy (non-hydrogen) atoms. The summed E-state index contributed by atoms with van der Waals surface area (Å²) in [6.07, 6.45) is 4.85. The van der Waals surface area contributed by atoms with Crippen molar-refractivity contribution in [1.82, 2.24) is 0 Å². The van der Waals surface area contributed by atoms with Crippen molar-refractivity contribution in [2.45, 2.75) is 35.8 Å². The summed E-state index contributed by atoms with van der Waals surface area (Å²) in [5.74, 6) is -0.939. The number of carboxylic acid groups (broad SMARTS) is 1. The van der Waals surface area contributed by atoms with Gasteiger partial charge in [-0.25, -0.2) is 4.79 Å². The lowest BCUT2D eigenvalue weighted by Gasteiger charge is -2.11. The first-order valence-corrected chi connectivity index (χ1v) is 6.62. The van der Waals surface area contributed by atoms with E-state index in [2.05, 4.69) is 0 Å². The van der Waals surface area contributed by atoms with Crippen molar-refractivity contribution < 1.29 is 9.90 Å². The van der Waals surface area contributed by atoms with Crippen LogP contribution in [0.4, 0.5) is 0 Å². The number of hydrogen-bond donors (Lipinski definition) is 1. The molecule has 0 unspecified atom stereocenters. The molecule has 1 aliphatic rings. The highest BCUT2D eigenvalue weighted by Crippen LogP contribution is 2.37. The molecule has 1 aliphatic carbocycles. The molecule has 0 radical (unpaired) electrons. The number of rotatable bonds is 3. The average molecular weight is 257 g/mol. The van der Waals surface area contributed by atoms with E-state index >= 15 is 0 Å². The fourth-order valence-corrected chi connectivity index (χ4v) is 3.71. The summed E-state index contributed by atoms with van der Waals surface area (Å²) in [4.78, 5) is 11.9. The second kappa shape index (κ2) is 5.11. The summed E-state index contributed by atoms with van der Waals surface area (Å²) in [7, 11) is 0. The smallest absolute Gasteiger partial charge is 0.338 e. The molecule has 1 aromatic carbocycles. The maximum atomic E-state index is 11.1. The molecule has 1 saturated carbocycles. The summed E-state index contributed by atoms with van der Waals surface area (Å²) in [6.45, 7) is 0. The SMILES string of the molecule is O=C(O)c1c(Cl)cccc1SC1CCCC1. The van der Waals surface area contributed by atoms with Gasteiger partial charge in [0.05, 0.1) is 10.6 Å². The van der Waals surface area contributed by atoms with Crippen LogP contribution in [0, 0.1) is 0 Å². The van der Waals surface area contributed by atoms with Crippen LogP contribution in [0.1, 0.15) is 36.0 Å². The van der Waals surface area contributed by atoms with Crippen molar-refractivity contribution in [3.8, 4) is 0 Å². The van der Waals surface area contributed by atoms with E-state index in [4.69, 9.17) is 16.7 Å². The van der Waals surface area contributed by atoms with E-state index in [-0.39, 0.29) is 5.56 Å². The van der Waals surface area contributed by atoms with Gasteiger partial charge >= 0.3 is 5.97 Å². The van der Waals surface area contributed by atoms with Crippen molar-refractivity contribution in [2.24, 2.45) is 0 Å². The molecule has 0 spiro atoms. The van der Waals surface area contributed by atoms with Crippen LogP contribution >= 0.6 is 23.4 Å². The average Bonchev–Trinajstić information content (AvgIpc) is 2.70. The summed E-state index contributed by atoms with van der Waals surface area (Å²) in [5, 5.41) is 10.0. The third kappa shape index (κ3) is 2.53. The summed E-state index contributed by atoms with van der Waals surface area (Å²) < 4.78 is 0. The van der Waals surface area contributed by atoms with Crippen molar-refractivity contribution >= 4 is 29.3 Å². The van der Waals surface area contributed by atoms with E-state index in [0.29, 0.717) is 10.3 Å². The quantitative estimate of drug-likeness (QED) is 0.886. The van der Waals surface area contributed by atoms with E-state index in [1.165, 1.54) is 25.7 Å². The Morgan fingerprint density at radius 3 is 2.69 bits per heavy atom. The highest BCUT2D eigenvalue weighted by atomic mass is 35.5. The molecule has 1 aromatic rings. The molecule has 0 aromatic heterocycles. The molecule has 1 N–H and O–H groups in total. The molecule has 1 fully saturated rings. The number of carbonyl (C=O) groups is 1. The molecular formula is C12H13ClO2S. The zero-order valence-corrected chi connectivity index (χ0v) is 10.4. The van der Waals surface area contributed by atoms with Gasteiger partial charge in [-0.1, -0.05) is 30.5 Å². The Labute approximate surface area is 104 Å². The second-order valence-corrected chi connectivity index (χ2v) is 5.69. The van der Waals surface area contributed by atoms with Crippen LogP contribution in [-0.2, 0) is 0 Å². The molecule has 2 nitrogen and oxygen atoms in total. The molecule has 4 heteroatoms. The Balaban J connectivity index is 2.25. The predicted octanol–water partition coefficient (Wildman–Crippen LogP) is 4.07. The lowest BCUT2D eigenvalue weighted by molar-refractivity contribution is 0.0693. The van der Waals surface area contributed by atoms with Crippen molar-refractivity contribution in [2.75, 3.05) is 0 Å². The van der Waals surface area contributed by atoms with Crippen LogP contribution in [0.3, 0.4) is 0 Å². The lowest BCUT2D eigenvalue weighted by Crippen LogP contribution is -2.02. The maximum Gasteiger partial charge on any atom is 0.338 e. The molecule has 0 amide bonds. The number of hydrogen-bond acceptors (Lipinski definition) is 2. The van der Waals surface area contributed by atoms with Gasteiger partial charge in [-0.3, -0.25) is 0 Å². The van der Waals surface area contributed by atoms with E-state index in [1.807, 2.05) is 12.1 Å². The predicted molar refractivity (Wildman–Crippen MR) is 66.5 cm³/mol. The van der Waals surface area contributed by atoms with Gasteiger partial charge < -0.3 is 5.11 Å². The van der Waals surface area contributed by atoms with Crippen LogP contribution in [-0.4, -0.2) is 16.3 Å². The van der Waals surface area contributed by atoms with Gasteiger partial charge in [0.25, 0.3) is 0 Å². The Morgan fingerprint density at radius 2 is 2.06 bits per heavy atom. The number of aromatic carboxylic acids is 1. The van der Waals surface area contributed by atoms with Gasteiger partial charge in [0.2, 0.25) is 0 Å². The lowest BCUT2D eigenvalue weighted by atomic mass is 10.2. The van der Waals surface area contributed by atoms with Crippen LogP contribution in [0.15, 0.2) is 23.1 Å². The van der Waals surface area contributed by atoms with Gasteiger partial charge in [-0.05, 0) is 25.0 Å². The number of benzene rings is 1. The first-order valence-electron chi connectivity index (χ1n) is 5.37. The topological polar surface area (TPSA) is 37.3 Å². The fraction of sp³-hybridized carbons (Fsp3) is 0.417. The molecular weight excluding hydrogens is 244 g/mol.